The molecule has 7 aromatic rings. The number of pyridine rings is 2. The van der Waals surface area contributed by atoms with Gasteiger partial charge in [-0.15, -0.1) is 0 Å². The molecule has 0 saturated heterocycles. The molecule has 3 heteroatoms. The summed E-state index contributed by atoms with van der Waals surface area (Å²) in [5.41, 5.74) is 10.9. The van der Waals surface area contributed by atoms with Gasteiger partial charge in [0.25, 0.3) is 0 Å². The van der Waals surface area contributed by atoms with Gasteiger partial charge in [-0.2, -0.15) is 0 Å². The number of benzene rings is 4. The van der Waals surface area contributed by atoms with Crippen molar-refractivity contribution in [1.82, 2.24) is 14.5 Å². The first-order chi connectivity index (χ1) is 21.8. The van der Waals surface area contributed by atoms with Crippen molar-refractivity contribution in [1.29, 1.82) is 0 Å². The third-order valence-corrected chi connectivity index (χ3v) is 7.91. The molecule has 3 heterocycles. The highest BCUT2D eigenvalue weighted by Gasteiger charge is 2.10. The smallest absolute Gasteiger partial charge is 0.0892 e. The van der Waals surface area contributed by atoms with Crippen LogP contribution in [-0.2, 0) is 0 Å². The van der Waals surface area contributed by atoms with Crippen molar-refractivity contribution in [3.05, 3.63) is 170 Å². The highest BCUT2D eigenvalue weighted by molar-refractivity contribution is 6.09. The monoisotopic (exact) mass is 565 g/mol. The second-order valence-electron chi connectivity index (χ2n) is 10.7. The van der Waals surface area contributed by atoms with Crippen molar-refractivity contribution >= 4 is 33.6 Å². The van der Waals surface area contributed by atoms with Crippen molar-refractivity contribution in [3.8, 4) is 33.6 Å². The molecule has 0 aliphatic heterocycles. The van der Waals surface area contributed by atoms with E-state index in [0.29, 0.717) is 0 Å². The van der Waals surface area contributed by atoms with Gasteiger partial charge in [0, 0.05) is 29.4 Å². The van der Waals surface area contributed by atoms with E-state index in [1.54, 1.807) is 0 Å². The summed E-state index contributed by atoms with van der Waals surface area (Å²) in [5, 5.41) is 2.51. The van der Waals surface area contributed by atoms with Crippen LogP contribution in [0.4, 0.5) is 0 Å². The average molecular weight is 566 g/mol. The molecule has 7 rings (SSSR count). The summed E-state index contributed by atoms with van der Waals surface area (Å²) in [6, 6.07) is 44.5. The van der Waals surface area contributed by atoms with Gasteiger partial charge in [-0.25, -0.2) is 0 Å². The maximum atomic E-state index is 4.68. The zero-order valence-corrected chi connectivity index (χ0v) is 24.5. The highest BCUT2D eigenvalue weighted by atomic mass is 14.9. The molecule has 0 saturated carbocycles. The van der Waals surface area contributed by atoms with Crippen LogP contribution in [0, 0.1) is 0 Å². The second-order valence-corrected chi connectivity index (χ2v) is 10.7. The Bertz CT molecular complexity index is 2130. The SMILES string of the molecule is C\C=C/C=C(\C=C\n1c2ccccc2c2ccccc21)c1cccc(-c2ccnc(-c3cc(-c4ccccc4)ccn3)c2)c1. The molecule has 0 bridgehead atoms. The summed E-state index contributed by atoms with van der Waals surface area (Å²) >= 11 is 0. The number of aromatic nitrogens is 3. The van der Waals surface area contributed by atoms with Gasteiger partial charge in [0.15, 0.2) is 0 Å². The van der Waals surface area contributed by atoms with Crippen LogP contribution in [-0.4, -0.2) is 14.5 Å². The molecule has 44 heavy (non-hydrogen) atoms. The lowest BCUT2D eigenvalue weighted by atomic mass is 9.98. The lowest BCUT2D eigenvalue weighted by Gasteiger charge is -2.09. The zero-order valence-electron chi connectivity index (χ0n) is 24.5. The van der Waals surface area contributed by atoms with E-state index >= 15 is 0 Å². The molecular formula is C41H31N3. The van der Waals surface area contributed by atoms with Crippen molar-refractivity contribution < 1.29 is 0 Å². The van der Waals surface area contributed by atoms with Gasteiger partial charge in [-0.1, -0.05) is 103 Å². The predicted octanol–water partition coefficient (Wildman–Crippen LogP) is 10.7. The van der Waals surface area contributed by atoms with Crippen LogP contribution in [0.2, 0.25) is 0 Å². The van der Waals surface area contributed by atoms with Crippen LogP contribution < -0.4 is 0 Å². The van der Waals surface area contributed by atoms with Gasteiger partial charge in [-0.3, -0.25) is 9.97 Å². The maximum Gasteiger partial charge on any atom is 0.0892 e. The molecule has 0 atom stereocenters. The summed E-state index contributed by atoms with van der Waals surface area (Å²) in [6.07, 6.45) is 14.4. The van der Waals surface area contributed by atoms with Crippen LogP contribution in [0.25, 0.3) is 67.2 Å². The van der Waals surface area contributed by atoms with Gasteiger partial charge in [0.05, 0.1) is 22.4 Å². The third kappa shape index (κ3) is 5.39. The van der Waals surface area contributed by atoms with E-state index in [1.807, 2.05) is 31.5 Å². The Morgan fingerprint density at radius 1 is 0.568 bits per heavy atom. The van der Waals surface area contributed by atoms with Crippen LogP contribution in [0.3, 0.4) is 0 Å². The van der Waals surface area contributed by atoms with Crippen LogP contribution in [0.1, 0.15) is 12.5 Å². The largest absolute Gasteiger partial charge is 0.316 e. The molecule has 210 valence electrons. The number of para-hydroxylation sites is 2. The Kier molecular flexibility index (Phi) is 7.51. The molecule has 0 unspecified atom stereocenters. The molecule has 0 amide bonds. The number of hydrogen-bond acceptors (Lipinski definition) is 2. The van der Waals surface area contributed by atoms with Gasteiger partial charge in [-0.05, 0) is 88.9 Å². The normalized spacial score (nSPS) is 12.2. The molecule has 3 nitrogen and oxygen atoms in total. The number of nitrogens with zero attached hydrogens (tertiary/aromatic N) is 3. The first kappa shape index (κ1) is 27.1. The number of rotatable bonds is 7. The number of fused-ring (bicyclic) bond motifs is 3. The number of hydrogen-bond donors (Lipinski definition) is 0. The van der Waals surface area contributed by atoms with E-state index in [2.05, 4.69) is 160 Å². The Balaban J connectivity index is 1.24. The van der Waals surface area contributed by atoms with E-state index in [-0.39, 0.29) is 0 Å². The van der Waals surface area contributed by atoms with E-state index in [0.717, 1.165) is 44.8 Å². The fourth-order valence-electron chi connectivity index (χ4n) is 5.73. The summed E-state index contributed by atoms with van der Waals surface area (Å²) in [5.74, 6) is 0. The lowest BCUT2D eigenvalue weighted by Crippen LogP contribution is -1.90. The Labute approximate surface area is 257 Å². The molecule has 0 N–H and O–H groups in total. The fraction of sp³-hybridized carbons (Fsp3) is 0.0244. The van der Waals surface area contributed by atoms with E-state index in [4.69, 9.17) is 0 Å². The van der Waals surface area contributed by atoms with Crippen LogP contribution >= 0.6 is 0 Å². The van der Waals surface area contributed by atoms with Crippen LogP contribution in [0.5, 0.6) is 0 Å². The quantitative estimate of drug-likeness (QED) is 0.180. The topological polar surface area (TPSA) is 30.7 Å². The predicted molar refractivity (Wildman–Crippen MR) is 186 cm³/mol. The summed E-state index contributed by atoms with van der Waals surface area (Å²) in [7, 11) is 0. The van der Waals surface area contributed by atoms with Gasteiger partial charge in [0.1, 0.15) is 0 Å². The summed E-state index contributed by atoms with van der Waals surface area (Å²) in [4.78, 5) is 9.33. The molecule has 4 aromatic carbocycles. The fourth-order valence-corrected chi connectivity index (χ4v) is 5.73. The van der Waals surface area contributed by atoms with Crippen molar-refractivity contribution in [3.63, 3.8) is 0 Å². The molecule has 0 spiro atoms. The zero-order chi connectivity index (χ0) is 29.7. The van der Waals surface area contributed by atoms with Crippen molar-refractivity contribution in [2.24, 2.45) is 0 Å². The molecule has 3 aromatic heterocycles. The van der Waals surface area contributed by atoms with Gasteiger partial charge >= 0.3 is 0 Å². The second kappa shape index (κ2) is 12.2. The van der Waals surface area contributed by atoms with Gasteiger partial charge < -0.3 is 4.57 Å². The lowest BCUT2D eigenvalue weighted by molar-refractivity contribution is 1.25. The standard InChI is InChI=1S/C41H31N3/c1-2-3-12-31(23-26-44-40-19-9-7-17-36(40)37-18-8-10-20-41(37)44)32-15-11-16-33(27-32)35-22-25-43-39(29-35)38-28-34(21-24-42-38)30-13-5-4-6-14-30/h2-29H,1H3/b3-2-,26-23+,31-12+. The molecule has 0 radical (unpaired) electrons. The van der Waals surface area contributed by atoms with Crippen LogP contribution in [0.15, 0.2) is 164 Å². The first-order valence-corrected chi connectivity index (χ1v) is 14.9. The molecule has 0 fully saturated rings. The molecular weight excluding hydrogens is 534 g/mol. The van der Waals surface area contributed by atoms with Gasteiger partial charge in [0.2, 0.25) is 0 Å². The van der Waals surface area contributed by atoms with Crippen molar-refractivity contribution in [2.75, 3.05) is 0 Å². The molecule has 0 aliphatic rings. The number of allylic oxidation sites excluding steroid dienone is 5. The minimum absolute atomic E-state index is 0.849. The minimum Gasteiger partial charge on any atom is -0.316 e. The Morgan fingerprint density at radius 2 is 1.14 bits per heavy atom. The Morgan fingerprint density at radius 3 is 1.80 bits per heavy atom. The summed E-state index contributed by atoms with van der Waals surface area (Å²) in [6.45, 7) is 2.04. The molecule has 0 aliphatic carbocycles. The summed E-state index contributed by atoms with van der Waals surface area (Å²) < 4.78 is 2.28. The highest BCUT2D eigenvalue weighted by Crippen LogP contribution is 2.31. The average Bonchev–Trinajstić information content (AvgIpc) is 3.42. The van der Waals surface area contributed by atoms with Crippen molar-refractivity contribution in [2.45, 2.75) is 6.92 Å². The maximum absolute atomic E-state index is 4.68. The van der Waals surface area contributed by atoms with E-state index in [9.17, 15) is 0 Å². The minimum atomic E-state index is 0.849. The van der Waals surface area contributed by atoms with E-state index < -0.39 is 0 Å². The Hall–Kier alpha value is -5.80. The first-order valence-electron chi connectivity index (χ1n) is 14.9. The third-order valence-electron chi connectivity index (χ3n) is 7.91. The van der Waals surface area contributed by atoms with E-state index in [1.165, 1.54) is 21.8 Å².